The normalized spacial score (nSPS) is 11.5. The lowest BCUT2D eigenvalue weighted by molar-refractivity contribution is 0.366. The Morgan fingerprint density at radius 3 is 2.76 bits per heavy atom. The minimum absolute atomic E-state index is 0.641. The maximum absolute atomic E-state index is 4.52. The maximum atomic E-state index is 4.52. The Balaban J connectivity index is 2.51. The molecule has 0 fully saturated rings. The molecule has 0 aliphatic rings. The Labute approximate surface area is 105 Å². The van der Waals surface area contributed by atoms with Crippen molar-refractivity contribution in [2.75, 3.05) is 32.0 Å². The second-order valence-electron chi connectivity index (χ2n) is 5.07. The van der Waals surface area contributed by atoms with Gasteiger partial charge in [-0.15, -0.1) is 0 Å². The van der Waals surface area contributed by atoms with Crippen LogP contribution < -0.4 is 5.32 Å². The minimum Gasteiger partial charge on any atom is -0.354 e. The highest BCUT2D eigenvalue weighted by Crippen LogP contribution is 2.11. The van der Waals surface area contributed by atoms with Crippen LogP contribution in [0.1, 0.15) is 26.5 Å². The molecule has 0 unspecified atom stereocenters. The van der Waals surface area contributed by atoms with Gasteiger partial charge in [0.05, 0.1) is 5.69 Å². The van der Waals surface area contributed by atoms with E-state index in [0.717, 1.165) is 37.8 Å². The molecule has 0 aromatic carbocycles. The summed E-state index contributed by atoms with van der Waals surface area (Å²) >= 11 is 0. The number of imidazole rings is 1. The molecule has 0 bridgehead atoms. The summed E-state index contributed by atoms with van der Waals surface area (Å²) in [4.78, 5) is 6.81. The second kappa shape index (κ2) is 6.64. The fraction of sp³-hybridized carbons (Fsp3) is 0.769. The van der Waals surface area contributed by atoms with Gasteiger partial charge in [0.1, 0.15) is 0 Å². The van der Waals surface area contributed by atoms with E-state index in [1.54, 1.807) is 0 Å². The van der Waals surface area contributed by atoms with Gasteiger partial charge in [0.15, 0.2) is 0 Å². The van der Waals surface area contributed by atoms with Gasteiger partial charge in [-0.1, -0.05) is 20.8 Å². The molecule has 4 heteroatoms. The predicted octanol–water partition coefficient (Wildman–Crippen LogP) is 2.21. The van der Waals surface area contributed by atoms with Gasteiger partial charge in [-0.2, -0.15) is 0 Å². The first-order chi connectivity index (χ1) is 8.02. The molecule has 98 valence electrons. The summed E-state index contributed by atoms with van der Waals surface area (Å²) < 4.78 is 2.21. The number of hydrogen-bond acceptors (Lipinski definition) is 3. The van der Waals surface area contributed by atoms with Crippen molar-refractivity contribution >= 4 is 5.95 Å². The Hall–Kier alpha value is -1.03. The fourth-order valence-corrected chi connectivity index (χ4v) is 1.74. The van der Waals surface area contributed by atoms with E-state index in [1.165, 1.54) is 0 Å². The predicted molar refractivity (Wildman–Crippen MR) is 73.5 cm³/mol. The maximum Gasteiger partial charge on any atom is 0.203 e. The molecule has 1 aromatic rings. The van der Waals surface area contributed by atoms with Crippen LogP contribution in [0.2, 0.25) is 0 Å². The summed E-state index contributed by atoms with van der Waals surface area (Å²) in [5, 5.41) is 3.41. The van der Waals surface area contributed by atoms with Crippen LogP contribution in [0.4, 0.5) is 5.95 Å². The van der Waals surface area contributed by atoms with E-state index in [9.17, 15) is 0 Å². The van der Waals surface area contributed by atoms with Crippen molar-refractivity contribution in [1.82, 2.24) is 14.5 Å². The molecule has 17 heavy (non-hydrogen) atoms. The van der Waals surface area contributed by atoms with E-state index < -0.39 is 0 Å². The lowest BCUT2D eigenvalue weighted by atomic mass is 10.2. The molecule has 1 heterocycles. The number of aryl methyl sites for hydroxylation is 1. The van der Waals surface area contributed by atoms with E-state index in [0.29, 0.717) is 5.92 Å². The second-order valence-corrected chi connectivity index (χ2v) is 5.07. The van der Waals surface area contributed by atoms with E-state index in [2.05, 4.69) is 53.8 Å². The van der Waals surface area contributed by atoms with Gasteiger partial charge in [0.25, 0.3) is 0 Å². The van der Waals surface area contributed by atoms with Crippen LogP contribution in [0.5, 0.6) is 0 Å². The number of likely N-dealkylation sites (N-methyl/N-ethyl adjacent to an activating group) is 1. The highest BCUT2D eigenvalue weighted by molar-refractivity contribution is 5.28. The largest absolute Gasteiger partial charge is 0.354 e. The summed E-state index contributed by atoms with van der Waals surface area (Å²) in [6.07, 6.45) is 2.12. The molecule has 4 nitrogen and oxygen atoms in total. The molecule has 0 saturated heterocycles. The van der Waals surface area contributed by atoms with Crippen LogP contribution in [0.25, 0.3) is 0 Å². The Bertz CT molecular complexity index is 330. The highest BCUT2D eigenvalue weighted by atomic mass is 15.2. The molecule has 1 aromatic heterocycles. The minimum atomic E-state index is 0.641. The number of aromatic nitrogens is 2. The van der Waals surface area contributed by atoms with Crippen molar-refractivity contribution < 1.29 is 0 Å². The van der Waals surface area contributed by atoms with Gasteiger partial charge in [0.2, 0.25) is 5.95 Å². The highest BCUT2D eigenvalue weighted by Gasteiger charge is 2.06. The average molecular weight is 238 g/mol. The molecule has 1 N–H and O–H groups in total. The lowest BCUT2D eigenvalue weighted by Crippen LogP contribution is -2.25. The zero-order valence-electron chi connectivity index (χ0n) is 11.8. The summed E-state index contributed by atoms with van der Waals surface area (Å²) in [5.74, 6) is 1.64. The van der Waals surface area contributed by atoms with Crippen LogP contribution >= 0.6 is 0 Å². The summed E-state index contributed by atoms with van der Waals surface area (Å²) in [7, 11) is 2.13. The molecule has 0 spiro atoms. The third-order valence-electron chi connectivity index (χ3n) is 2.78. The molecule has 0 radical (unpaired) electrons. The average Bonchev–Trinajstić information content (AvgIpc) is 2.58. The van der Waals surface area contributed by atoms with E-state index in [4.69, 9.17) is 0 Å². The molecule has 0 aliphatic carbocycles. The Kier molecular flexibility index (Phi) is 5.48. The third kappa shape index (κ3) is 4.77. The van der Waals surface area contributed by atoms with Crippen molar-refractivity contribution in [2.45, 2.75) is 34.2 Å². The summed E-state index contributed by atoms with van der Waals surface area (Å²) in [6, 6.07) is 0. The van der Waals surface area contributed by atoms with Crippen molar-refractivity contribution in [3.63, 3.8) is 0 Å². The molecular formula is C13H26N4. The zero-order valence-corrected chi connectivity index (χ0v) is 11.8. The number of nitrogens with zero attached hydrogens (tertiary/aromatic N) is 3. The first kappa shape index (κ1) is 14.0. The van der Waals surface area contributed by atoms with Gasteiger partial charge in [0, 0.05) is 25.8 Å². The molecule has 0 aliphatic heterocycles. The summed E-state index contributed by atoms with van der Waals surface area (Å²) in [6.45, 7) is 12.8. The monoisotopic (exact) mass is 238 g/mol. The number of hydrogen-bond donors (Lipinski definition) is 1. The SMILES string of the molecule is CCN(C)CCNc1nc(C)cn1CC(C)C. The summed E-state index contributed by atoms with van der Waals surface area (Å²) in [5.41, 5.74) is 1.08. The van der Waals surface area contributed by atoms with E-state index in [-0.39, 0.29) is 0 Å². The van der Waals surface area contributed by atoms with Crippen LogP contribution in [0, 0.1) is 12.8 Å². The van der Waals surface area contributed by atoms with Crippen molar-refractivity contribution in [3.8, 4) is 0 Å². The molecule has 0 amide bonds. The van der Waals surface area contributed by atoms with E-state index >= 15 is 0 Å². The fourth-order valence-electron chi connectivity index (χ4n) is 1.74. The molecule has 0 atom stereocenters. The molecule has 1 rings (SSSR count). The van der Waals surface area contributed by atoms with Crippen LogP contribution in [0.15, 0.2) is 6.20 Å². The van der Waals surface area contributed by atoms with Crippen molar-refractivity contribution in [1.29, 1.82) is 0 Å². The first-order valence-electron chi connectivity index (χ1n) is 6.49. The van der Waals surface area contributed by atoms with Gasteiger partial charge >= 0.3 is 0 Å². The third-order valence-corrected chi connectivity index (χ3v) is 2.78. The first-order valence-corrected chi connectivity index (χ1v) is 6.49. The van der Waals surface area contributed by atoms with Gasteiger partial charge in [-0.3, -0.25) is 0 Å². The smallest absolute Gasteiger partial charge is 0.203 e. The van der Waals surface area contributed by atoms with Gasteiger partial charge in [-0.05, 0) is 26.4 Å². The number of rotatable bonds is 7. The number of nitrogens with one attached hydrogen (secondary N) is 1. The van der Waals surface area contributed by atoms with Crippen molar-refractivity contribution in [2.24, 2.45) is 5.92 Å². The van der Waals surface area contributed by atoms with Gasteiger partial charge in [-0.25, -0.2) is 4.98 Å². The number of anilines is 1. The topological polar surface area (TPSA) is 33.1 Å². The molecular weight excluding hydrogens is 212 g/mol. The van der Waals surface area contributed by atoms with Crippen molar-refractivity contribution in [3.05, 3.63) is 11.9 Å². The van der Waals surface area contributed by atoms with Crippen LogP contribution in [-0.2, 0) is 6.54 Å². The quantitative estimate of drug-likeness (QED) is 0.790. The zero-order chi connectivity index (χ0) is 12.8. The Morgan fingerprint density at radius 1 is 1.47 bits per heavy atom. The lowest BCUT2D eigenvalue weighted by Gasteiger charge is -2.15. The van der Waals surface area contributed by atoms with Crippen LogP contribution in [0.3, 0.4) is 0 Å². The van der Waals surface area contributed by atoms with E-state index in [1.807, 2.05) is 6.92 Å². The Morgan fingerprint density at radius 2 is 2.18 bits per heavy atom. The molecule has 0 saturated carbocycles. The van der Waals surface area contributed by atoms with Crippen LogP contribution in [-0.4, -0.2) is 41.1 Å². The standard InChI is InChI=1S/C13H26N4/c1-6-16(5)8-7-14-13-15-12(4)10-17(13)9-11(2)3/h10-11H,6-9H2,1-5H3,(H,14,15). The van der Waals surface area contributed by atoms with Gasteiger partial charge < -0.3 is 14.8 Å².